The number of aliphatic hydroxyl groups excluding tert-OH is 2. The van der Waals surface area contributed by atoms with Crippen molar-refractivity contribution in [2.24, 2.45) is 5.73 Å². The zero-order chi connectivity index (χ0) is 6.57. The lowest BCUT2D eigenvalue weighted by Crippen LogP contribution is -2.41. The fourth-order valence-electron chi connectivity index (χ4n) is 0.346. The maximum Gasteiger partial charge on any atom is 0.119 e. The van der Waals surface area contributed by atoms with Crippen LogP contribution in [0.1, 0.15) is 6.92 Å². The number of rotatable bonds is 3. The van der Waals surface area contributed by atoms with Crippen LogP contribution in [-0.4, -0.2) is 29.2 Å². The fourth-order valence-corrected chi connectivity index (χ4v) is 0.346. The Morgan fingerprint density at radius 2 is 2.12 bits per heavy atom. The van der Waals surface area contributed by atoms with Gasteiger partial charge in [0.15, 0.2) is 0 Å². The summed E-state index contributed by atoms with van der Waals surface area (Å²) in [6.45, 7) is 1.63. The molecular formula is C4H12N2O2. The summed E-state index contributed by atoms with van der Waals surface area (Å²) in [4.78, 5) is 0. The normalized spacial score (nSPS) is 18.0. The minimum atomic E-state index is -0.796. The van der Waals surface area contributed by atoms with E-state index in [4.69, 9.17) is 15.9 Å². The van der Waals surface area contributed by atoms with Gasteiger partial charge in [-0.1, -0.05) is 0 Å². The summed E-state index contributed by atoms with van der Waals surface area (Å²) in [7, 11) is 0. The van der Waals surface area contributed by atoms with Crippen LogP contribution in [0.4, 0.5) is 0 Å². The maximum atomic E-state index is 8.63. The SMILES string of the molecule is CC(O)NC(O)CN. The first-order chi connectivity index (χ1) is 3.66. The summed E-state index contributed by atoms with van der Waals surface area (Å²) < 4.78 is 0. The summed E-state index contributed by atoms with van der Waals surface area (Å²) in [5.41, 5.74) is 5.00. The molecule has 2 atom stereocenters. The van der Waals surface area contributed by atoms with Crippen molar-refractivity contribution < 1.29 is 10.2 Å². The highest BCUT2D eigenvalue weighted by atomic mass is 16.3. The van der Waals surface area contributed by atoms with Crippen LogP contribution in [0, 0.1) is 0 Å². The topological polar surface area (TPSA) is 78.5 Å². The molecule has 0 amide bonds. The molecule has 0 spiro atoms. The molecule has 0 aliphatic rings. The predicted octanol–water partition coefficient (Wildman–Crippen LogP) is -1.81. The van der Waals surface area contributed by atoms with Crippen molar-refractivity contribution in [3.63, 3.8) is 0 Å². The summed E-state index contributed by atoms with van der Waals surface area (Å²) in [6.07, 6.45) is -1.50. The van der Waals surface area contributed by atoms with E-state index in [1.165, 1.54) is 6.92 Å². The van der Waals surface area contributed by atoms with Gasteiger partial charge in [0.1, 0.15) is 12.5 Å². The van der Waals surface area contributed by atoms with Gasteiger partial charge < -0.3 is 15.9 Å². The van der Waals surface area contributed by atoms with E-state index < -0.39 is 12.5 Å². The Kier molecular flexibility index (Phi) is 3.72. The first kappa shape index (κ1) is 7.84. The molecule has 0 aliphatic heterocycles. The Labute approximate surface area is 48.3 Å². The summed E-state index contributed by atoms with van der Waals surface area (Å²) in [6, 6.07) is 0. The summed E-state index contributed by atoms with van der Waals surface area (Å²) in [5.74, 6) is 0. The van der Waals surface area contributed by atoms with Crippen molar-refractivity contribution >= 4 is 0 Å². The molecule has 2 unspecified atom stereocenters. The largest absolute Gasteiger partial charge is 0.379 e. The Balaban J connectivity index is 3.10. The van der Waals surface area contributed by atoms with Crippen molar-refractivity contribution in [1.82, 2.24) is 5.32 Å². The second-order valence-corrected chi connectivity index (χ2v) is 1.59. The molecule has 0 aromatic heterocycles. The highest BCUT2D eigenvalue weighted by molar-refractivity contribution is 4.51. The molecule has 0 bridgehead atoms. The maximum absolute atomic E-state index is 8.63. The first-order valence-corrected chi connectivity index (χ1v) is 2.49. The van der Waals surface area contributed by atoms with Gasteiger partial charge >= 0.3 is 0 Å². The van der Waals surface area contributed by atoms with Crippen LogP contribution in [0.15, 0.2) is 0 Å². The van der Waals surface area contributed by atoms with Gasteiger partial charge in [-0.05, 0) is 6.92 Å². The minimum absolute atomic E-state index is 0.116. The number of nitrogens with one attached hydrogen (secondary N) is 1. The second kappa shape index (κ2) is 3.80. The molecule has 5 N–H and O–H groups in total. The average molecular weight is 120 g/mol. The van der Waals surface area contributed by atoms with Crippen molar-refractivity contribution in [2.45, 2.75) is 19.4 Å². The third kappa shape index (κ3) is 4.01. The van der Waals surface area contributed by atoms with Crippen molar-refractivity contribution in [1.29, 1.82) is 0 Å². The first-order valence-electron chi connectivity index (χ1n) is 2.49. The third-order valence-corrected chi connectivity index (χ3v) is 0.657. The van der Waals surface area contributed by atoms with Crippen LogP contribution in [0.3, 0.4) is 0 Å². The van der Waals surface area contributed by atoms with Crippen LogP contribution in [0.5, 0.6) is 0 Å². The van der Waals surface area contributed by atoms with Gasteiger partial charge in [0.05, 0.1) is 0 Å². The fraction of sp³-hybridized carbons (Fsp3) is 1.00. The molecule has 0 aromatic carbocycles. The van der Waals surface area contributed by atoms with E-state index in [2.05, 4.69) is 5.32 Å². The highest BCUT2D eigenvalue weighted by Gasteiger charge is 2.00. The van der Waals surface area contributed by atoms with E-state index in [1.807, 2.05) is 0 Å². The van der Waals surface area contributed by atoms with Crippen LogP contribution in [-0.2, 0) is 0 Å². The van der Waals surface area contributed by atoms with Crippen molar-refractivity contribution in [3.8, 4) is 0 Å². The molecule has 0 heterocycles. The Morgan fingerprint density at radius 1 is 1.62 bits per heavy atom. The lowest BCUT2D eigenvalue weighted by Gasteiger charge is -2.11. The summed E-state index contributed by atoms with van der Waals surface area (Å²) in [5, 5.41) is 19.5. The van der Waals surface area contributed by atoms with Gasteiger partial charge in [-0.2, -0.15) is 0 Å². The predicted molar refractivity (Wildman–Crippen MR) is 29.9 cm³/mol. The van der Waals surface area contributed by atoms with Crippen LogP contribution < -0.4 is 11.1 Å². The summed E-state index contributed by atoms with van der Waals surface area (Å²) >= 11 is 0. The Morgan fingerprint density at radius 3 is 2.25 bits per heavy atom. The monoisotopic (exact) mass is 120 g/mol. The minimum Gasteiger partial charge on any atom is -0.379 e. The molecule has 0 radical (unpaired) electrons. The highest BCUT2D eigenvalue weighted by Crippen LogP contribution is 1.74. The molecule has 0 aromatic rings. The molecule has 0 fully saturated rings. The van der Waals surface area contributed by atoms with Gasteiger partial charge in [-0.3, -0.25) is 5.32 Å². The standard InChI is InChI=1S/C4H12N2O2/c1-3(7)6-4(8)2-5/h3-4,6-8H,2,5H2,1H3. The quantitative estimate of drug-likeness (QED) is 0.331. The van der Waals surface area contributed by atoms with E-state index in [9.17, 15) is 0 Å². The van der Waals surface area contributed by atoms with Crippen molar-refractivity contribution in [2.75, 3.05) is 6.54 Å². The molecule has 0 rings (SSSR count). The van der Waals surface area contributed by atoms with Gasteiger partial charge in [0.25, 0.3) is 0 Å². The van der Waals surface area contributed by atoms with Crippen LogP contribution in [0.25, 0.3) is 0 Å². The van der Waals surface area contributed by atoms with Crippen LogP contribution >= 0.6 is 0 Å². The molecule has 0 saturated heterocycles. The molecule has 8 heavy (non-hydrogen) atoms. The third-order valence-electron chi connectivity index (χ3n) is 0.657. The van der Waals surface area contributed by atoms with E-state index in [0.29, 0.717) is 0 Å². The average Bonchev–Trinajstić information content (AvgIpc) is 1.65. The van der Waals surface area contributed by atoms with Gasteiger partial charge in [-0.15, -0.1) is 0 Å². The van der Waals surface area contributed by atoms with Gasteiger partial charge in [0, 0.05) is 6.54 Å². The molecule has 0 aliphatic carbocycles. The Bertz CT molecular complexity index is 58.0. The lowest BCUT2D eigenvalue weighted by atomic mass is 10.5. The Hall–Kier alpha value is -0.160. The van der Waals surface area contributed by atoms with E-state index in [0.717, 1.165) is 0 Å². The second-order valence-electron chi connectivity index (χ2n) is 1.59. The van der Waals surface area contributed by atoms with Crippen molar-refractivity contribution in [3.05, 3.63) is 0 Å². The molecule has 4 nitrogen and oxygen atoms in total. The smallest absolute Gasteiger partial charge is 0.119 e. The number of nitrogens with two attached hydrogens (primary N) is 1. The van der Waals surface area contributed by atoms with E-state index in [-0.39, 0.29) is 6.54 Å². The van der Waals surface area contributed by atoms with Gasteiger partial charge in [0.2, 0.25) is 0 Å². The molecule has 50 valence electrons. The van der Waals surface area contributed by atoms with E-state index >= 15 is 0 Å². The zero-order valence-electron chi connectivity index (χ0n) is 4.83. The van der Waals surface area contributed by atoms with E-state index in [1.54, 1.807) is 0 Å². The number of aliphatic hydroxyl groups is 2. The molecule has 4 heteroatoms. The number of hydrogen-bond acceptors (Lipinski definition) is 4. The van der Waals surface area contributed by atoms with Gasteiger partial charge in [-0.25, -0.2) is 0 Å². The van der Waals surface area contributed by atoms with Crippen LogP contribution in [0.2, 0.25) is 0 Å². The molecular weight excluding hydrogens is 108 g/mol. The molecule has 0 saturated carbocycles. The lowest BCUT2D eigenvalue weighted by molar-refractivity contribution is 0.0574. The number of hydrogen-bond donors (Lipinski definition) is 4. The zero-order valence-corrected chi connectivity index (χ0v) is 4.83.